The Labute approximate surface area is 170 Å². The van der Waals surface area contributed by atoms with Gasteiger partial charge in [-0.25, -0.2) is 4.79 Å². The summed E-state index contributed by atoms with van der Waals surface area (Å²) in [5.41, 5.74) is 2.06. The smallest absolute Gasteiger partial charge is 0.349 e. The number of carbonyl (C=O) groups excluding carboxylic acids is 1. The number of benzene rings is 1. The molecule has 0 bridgehead atoms. The molecule has 5 rings (SSSR count). The second kappa shape index (κ2) is 7.33. The van der Waals surface area contributed by atoms with Gasteiger partial charge in [0.25, 0.3) is 5.91 Å². The van der Waals surface area contributed by atoms with Crippen molar-refractivity contribution in [1.29, 1.82) is 0 Å². The van der Waals surface area contributed by atoms with E-state index >= 15 is 0 Å². The number of rotatable bonds is 6. The van der Waals surface area contributed by atoms with Crippen LogP contribution in [-0.2, 0) is 6.54 Å². The molecule has 1 N–H and O–H groups in total. The van der Waals surface area contributed by atoms with Crippen molar-refractivity contribution in [3.05, 3.63) is 75.6 Å². The number of amides is 1. The lowest BCUT2D eigenvalue weighted by Gasteiger charge is -2.08. The highest BCUT2D eigenvalue weighted by molar-refractivity contribution is 7.13. The van der Waals surface area contributed by atoms with Crippen LogP contribution in [0.1, 0.15) is 34.8 Å². The first-order valence-corrected chi connectivity index (χ1v) is 10.5. The maximum Gasteiger partial charge on any atom is 0.349 e. The number of nitrogens with zero attached hydrogens (tertiary/aromatic N) is 2. The Morgan fingerprint density at radius 1 is 1.21 bits per heavy atom. The zero-order valence-corrected chi connectivity index (χ0v) is 16.4. The molecule has 0 aliphatic heterocycles. The minimum atomic E-state index is -0.626. The molecular weight excluding hydrogens is 386 g/mol. The molecule has 6 nitrogen and oxygen atoms in total. The molecule has 29 heavy (non-hydrogen) atoms. The number of hydrogen-bond donors (Lipinski definition) is 1. The van der Waals surface area contributed by atoms with Crippen molar-refractivity contribution >= 4 is 28.2 Å². The zero-order chi connectivity index (χ0) is 19.8. The average molecular weight is 405 g/mol. The first-order valence-electron chi connectivity index (χ1n) is 9.62. The molecule has 1 aromatic carbocycles. The fraction of sp³-hybridized carbons (Fsp3) is 0.227. The fourth-order valence-electron chi connectivity index (χ4n) is 3.45. The normalized spacial score (nSPS) is 13.7. The zero-order valence-electron chi connectivity index (χ0n) is 15.6. The van der Waals surface area contributed by atoms with Gasteiger partial charge in [0.15, 0.2) is 0 Å². The van der Waals surface area contributed by atoms with Gasteiger partial charge < -0.3 is 9.73 Å². The van der Waals surface area contributed by atoms with Crippen LogP contribution < -0.4 is 10.9 Å². The quantitative estimate of drug-likeness (QED) is 0.492. The van der Waals surface area contributed by atoms with Crippen LogP contribution in [0.3, 0.4) is 0 Å². The summed E-state index contributed by atoms with van der Waals surface area (Å²) in [6, 6.07) is 15.0. The molecule has 0 unspecified atom stereocenters. The Hall–Kier alpha value is -3.19. The van der Waals surface area contributed by atoms with Crippen LogP contribution in [0.5, 0.6) is 0 Å². The molecule has 1 amide bonds. The second-order valence-corrected chi connectivity index (χ2v) is 8.12. The topological polar surface area (TPSA) is 77.1 Å². The van der Waals surface area contributed by atoms with Gasteiger partial charge in [-0.3, -0.25) is 9.48 Å². The molecule has 0 saturated heterocycles. The Balaban J connectivity index is 1.31. The Kier molecular flexibility index (Phi) is 4.52. The number of hydrogen-bond acceptors (Lipinski definition) is 5. The summed E-state index contributed by atoms with van der Waals surface area (Å²) in [6.07, 6.45) is 2.36. The van der Waals surface area contributed by atoms with Gasteiger partial charge in [0.05, 0.1) is 11.4 Å². The standard InChI is InChI=1S/C22H19N3O3S/c26-21(16-12-15-4-1-2-5-19(15)28-22(16)27)23-9-10-25-18(14-7-8-14)13-17(24-25)20-6-3-11-29-20/h1-6,11-14H,7-10H2,(H,23,26). The van der Waals surface area contributed by atoms with Crippen LogP contribution in [0.15, 0.2) is 63.1 Å². The van der Waals surface area contributed by atoms with Crippen LogP contribution in [0.2, 0.25) is 0 Å². The van der Waals surface area contributed by atoms with Gasteiger partial charge in [-0.2, -0.15) is 5.10 Å². The van der Waals surface area contributed by atoms with Gasteiger partial charge in [-0.05, 0) is 42.5 Å². The molecule has 3 aromatic heterocycles. The van der Waals surface area contributed by atoms with E-state index in [4.69, 9.17) is 9.52 Å². The summed E-state index contributed by atoms with van der Waals surface area (Å²) < 4.78 is 7.23. The van der Waals surface area contributed by atoms with E-state index in [9.17, 15) is 9.59 Å². The van der Waals surface area contributed by atoms with E-state index in [-0.39, 0.29) is 5.56 Å². The van der Waals surface area contributed by atoms with Crippen LogP contribution >= 0.6 is 11.3 Å². The van der Waals surface area contributed by atoms with E-state index < -0.39 is 11.5 Å². The summed E-state index contributed by atoms with van der Waals surface area (Å²) in [6.45, 7) is 0.943. The van der Waals surface area contributed by atoms with E-state index in [2.05, 4.69) is 17.4 Å². The SMILES string of the molecule is O=C(NCCn1nc(-c2cccs2)cc1C1CC1)c1cc2ccccc2oc1=O. The van der Waals surface area contributed by atoms with Gasteiger partial charge in [-0.15, -0.1) is 11.3 Å². The number of carbonyl (C=O) groups is 1. The Morgan fingerprint density at radius 3 is 2.86 bits per heavy atom. The van der Waals surface area contributed by atoms with E-state index in [0.29, 0.717) is 24.6 Å². The van der Waals surface area contributed by atoms with Gasteiger partial charge in [0.2, 0.25) is 0 Å². The van der Waals surface area contributed by atoms with Crippen molar-refractivity contribution in [3.63, 3.8) is 0 Å². The highest BCUT2D eigenvalue weighted by Gasteiger charge is 2.28. The lowest BCUT2D eigenvalue weighted by Crippen LogP contribution is -2.31. The molecule has 7 heteroatoms. The third kappa shape index (κ3) is 3.61. The predicted octanol–water partition coefficient (Wildman–Crippen LogP) is 4.03. The van der Waals surface area contributed by atoms with E-state index in [1.54, 1.807) is 29.5 Å². The summed E-state index contributed by atoms with van der Waals surface area (Å²) in [4.78, 5) is 25.8. The maximum atomic E-state index is 12.5. The van der Waals surface area contributed by atoms with Crippen molar-refractivity contribution in [2.45, 2.75) is 25.3 Å². The van der Waals surface area contributed by atoms with Crippen molar-refractivity contribution in [3.8, 4) is 10.6 Å². The molecule has 4 aromatic rings. The Morgan fingerprint density at radius 2 is 2.07 bits per heavy atom. The lowest BCUT2D eigenvalue weighted by atomic mass is 10.2. The molecule has 1 fully saturated rings. The van der Waals surface area contributed by atoms with Gasteiger partial charge in [0.1, 0.15) is 16.8 Å². The van der Waals surface area contributed by atoms with Gasteiger partial charge >= 0.3 is 5.63 Å². The van der Waals surface area contributed by atoms with Crippen molar-refractivity contribution < 1.29 is 9.21 Å². The third-order valence-corrected chi connectivity index (χ3v) is 5.97. The lowest BCUT2D eigenvalue weighted by molar-refractivity contribution is 0.0948. The summed E-state index contributed by atoms with van der Waals surface area (Å²) in [5.74, 6) is 0.127. The van der Waals surface area contributed by atoms with Crippen molar-refractivity contribution in [2.24, 2.45) is 0 Å². The Bertz CT molecular complexity index is 1240. The highest BCUT2D eigenvalue weighted by atomic mass is 32.1. The second-order valence-electron chi connectivity index (χ2n) is 7.17. The summed E-state index contributed by atoms with van der Waals surface area (Å²) in [7, 11) is 0. The van der Waals surface area contributed by atoms with Crippen molar-refractivity contribution in [2.75, 3.05) is 6.54 Å². The molecule has 3 heterocycles. The van der Waals surface area contributed by atoms with Crippen LogP contribution in [0.25, 0.3) is 21.5 Å². The number of fused-ring (bicyclic) bond motifs is 1. The van der Waals surface area contributed by atoms with Crippen LogP contribution in [0.4, 0.5) is 0 Å². The van der Waals surface area contributed by atoms with E-state index in [1.807, 2.05) is 28.3 Å². The van der Waals surface area contributed by atoms with Crippen LogP contribution in [-0.4, -0.2) is 22.2 Å². The molecule has 1 saturated carbocycles. The average Bonchev–Trinajstić information content (AvgIpc) is 3.25. The minimum absolute atomic E-state index is 0.0193. The molecule has 0 radical (unpaired) electrons. The summed E-state index contributed by atoms with van der Waals surface area (Å²) in [5, 5.41) is 10.3. The number of para-hydroxylation sites is 1. The molecule has 0 spiro atoms. The highest BCUT2D eigenvalue weighted by Crippen LogP contribution is 2.41. The largest absolute Gasteiger partial charge is 0.422 e. The van der Waals surface area contributed by atoms with E-state index in [1.165, 1.54) is 18.5 Å². The number of nitrogens with one attached hydrogen (secondary N) is 1. The summed E-state index contributed by atoms with van der Waals surface area (Å²) >= 11 is 1.67. The molecule has 1 aliphatic carbocycles. The molecule has 1 aliphatic rings. The van der Waals surface area contributed by atoms with Crippen LogP contribution in [0, 0.1) is 0 Å². The minimum Gasteiger partial charge on any atom is -0.422 e. The maximum absolute atomic E-state index is 12.5. The molecule has 146 valence electrons. The monoisotopic (exact) mass is 405 g/mol. The fourth-order valence-corrected chi connectivity index (χ4v) is 4.13. The van der Waals surface area contributed by atoms with Gasteiger partial charge in [-0.1, -0.05) is 24.3 Å². The molecule has 0 atom stereocenters. The first-order chi connectivity index (χ1) is 14.2. The first kappa shape index (κ1) is 17.9. The number of aromatic nitrogens is 2. The van der Waals surface area contributed by atoms with Crippen molar-refractivity contribution in [1.82, 2.24) is 15.1 Å². The molecular formula is C22H19N3O3S. The number of thiophene rings is 1. The van der Waals surface area contributed by atoms with Gasteiger partial charge in [0, 0.05) is 23.5 Å². The third-order valence-electron chi connectivity index (χ3n) is 5.08. The van der Waals surface area contributed by atoms with E-state index in [0.717, 1.165) is 16.0 Å². The predicted molar refractivity (Wildman–Crippen MR) is 112 cm³/mol.